The summed E-state index contributed by atoms with van der Waals surface area (Å²) < 4.78 is 51.8. The molecule has 5 nitrogen and oxygen atoms in total. The molecule has 0 amide bonds. The molecular formula is C17H17F4N5S. The predicted molar refractivity (Wildman–Crippen MR) is 92.8 cm³/mol. The minimum absolute atomic E-state index is 0.215. The molecule has 0 bridgehead atoms. The standard InChI is InChI=1S/C17H17F4N5S/c18-13-8-11(7-12(9-13)17(19,20)21)1-4-26-5-2-14(3-6-26)23-16-25-24-15(10-22)27-16/h7-9,14H,1-6H2,(H,23,25). The van der Waals surface area contributed by atoms with Crippen molar-refractivity contribution < 1.29 is 17.6 Å². The molecule has 10 heteroatoms. The Hall–Kier alpha value is -2.25. The van der Waals surface area contributed by atoms with Gasteiger partial charge in [-0.25, -0.2) is 4.39 Å². The third kappa shape index (κ3) is 5.37. The van der Waals surface area contributed by atoms with Crippen LogP contribution < -0.4 is 5.32 Å². The monoisotopic (exact) mass is 399 g/mol. The summed E-state index contributed by atoms with van der Waals surface area (Å²) in [6, 6.07) is 4.85. The lowest BCUT2D eigenvalue weighted by Crippen LogP contribution is -2.40. The number of hydrogen-bond acceptors (Lipinski definition) is 6. The number of nitriles is 1. The number of likely N-dealkylation sites (tertiary alicyclic amines) is 1. The maximum Gasteiger partial charge on any atom is 0.416 e. The summed E-state index contributed by atoms with van der Waals surface area (Å²) in [5.41, 5.74) is -0.602. The van der Waals surface area contributed by atoms with E-state index in [0.29, 0.717) is 34.7 Å². The molecule has 27 heavy (non-hydrogen) atoms. The summed E-state index contributed by atoms with van der Waals surface area (Å²) in [5.74, 6) is -0.864. The summed E-state index contributed by atoms with van der Waals surface area (Å²) in [4.78, 5) is 2.15. The number of alkyl halides is 3. The van der Waals surface area contributed by atoms with Crippen LogP contribution in [-0.4, -0.2) is 40.8 Å². The van der Waals surface area contributed by atoms with E-state index in [1.807, 2.05) is 6.07 Å². The Labute approximate surface area is 157 Å². The Morgan fingerprint density at radius 1 is 1.22 bits per heavy atom. The van der Waals surface area contributed by atoms with Crippen LogP contribution in [0.15, 0.2) is 18.2 Å². The van der Waals surface area contributed by atoms with Crippen molar-refractivity contribution in [3.05, 3.63) is 40.2 Å². The van der Waals surface area contributed by atoms with E-state index < -0.39 is 17.6 Å². The molecule has 1 aromatic heterocycles. The molecule has 2 aromatic rings. The van der Waals surface area contributed by atoms with Gasteiger partial charge in [0.15, 0.2) is 0 Å². The molecule has 0 radical (unpaired) electrons. The highest BCUT2D eigenvalue weighted by molar-refractivity contribution is 7.15. The Bertz CT molecular complexity index is 821. The van der Waals surface area contributed by atoms with Gasteiger partial charge in [0.2, 0.25) is 10.1 Å². The van der Waals surface area contributed by atoms with Crippen molar-refractivity contribution in [2.45, 2.75) is 31.5 Å². The van der Waals surface area contributed by atoms with Gasteiger partial charge in [-0.3, -0.25) is 0 Å². The average molecular weight is 399 g/mol. The molecule has 144 valence electrons. The minimum Gasteiger partial charge on any atom is -0.357 e. The lowest BCUT2D eigenvalue weighted by molar-refractivity contribution is -0.137. The van der Waals surface area contributed by atoms with E-state index in [1.165, 1.54) is 11.3 Å². The Morgan fingerprint density at radius 2 is 1.96 bits per heavy atom. The second kappa shape index (κ2) is 8.19. The third-order valence-corrected chi connectivity index (χ3v) is 5.20. The van der Waals surface area contributed by atoms with E-state index >= 15 is 0 Å². The first-order valence-electron chi connectivity index (χ1n) is 8.42. The van der Waals surface area contributed by atoms with Crippen molar-refractivity contribution >= 4 is 16.5 Å². The molecule has 1 saturated heterocycles. The normalized spacial score (nSPS) is 16.3. The molecule has 1 aliphatic rings. The first kappa shape index (κ1) is 19.5. The average Bonchev–Trinajstić information content (AvgIpc) is 3.07. The van der Waals surface area contributed by atoms with Crippen LogP contribution in [0.4, 0.5) is 22.7 Å². The second-order valence-electron chi connectivity index (χ2n) is 6.38. The van der Waals surface area contributed by atoms with Crippen LogP contribution in [0.25, 0.3) is 0 Å². The molecule has 1 aromatic carbocycles. The Kier molecular flexibility index (Phi) is 5.92. The summed E-state index contributed by atoms with van der Waals surface area (Å²) in [7, 11) is 0. The van der Waals surface area contributed by atoms with E-state index in [0.717, 1.165) is 38.1 Å². The molecule has 1 N–H and O–H groups in total. The Balaban J connectivity index is 1.48. The largest absolute Gasteiger partial charge is 0.416 e. The van der Waals surface area contributed by atoms with Crippen LogP contribution in [0.5, 0.6) is 0 Å². The maximum atomic E-state index is 13.5. The number of rotatable bonds is 5. The fourth-order valence-corrected chi connectivity index (χ4v) is 3.67. The zero-order valence-corrected chi connectivity index (χ0v) is 15.1. The van der Waals surface area contributed by atoms with Crippen LogP contribution in [0.1, 0.15) is 29.0 Å². The van der Waals surface area contributed by atoms with Gasteiger partial charge in [0.1, 0.15) is 11.9 Å². The van der Waals surface area contributed by atoms with Crippen molar-refractivity contribution in [1.82, 2.24) is 15.1 Å². The molecule has 0 saturated carbocycles. The van der Waals surface area contributed by atoms with Crippen molar-refractivity contribution in [3.63, 3.8) is 0 Å². The number of nitrogens with zero attached hydrogens (tertiary/aromatic N) is 4. The topological polar surface area (TPSA) is 64.8 Å². The van der Waals surface area contributed by atoms with E-state index in [4.69, 9.17) is 5.26 Å². The first-order chi connectivity index (χ1) is 12.8. The SMILES string of the molecule is N#Cc1nnc(NC2CCN(CCc3cc(F)cc(C(F)(F)F)c3)CC2)s1. The third-order valence-electron chi connectivity index (χ3n) is 4.44. The number of anilines is 1. The first-order valence-corrected chi connectivity index (χ1v) is 9.24. The van der Waals surface area contributed by atoms with E-state index in [2.05, 4.69) is 20.4 Å². The molecule has 0 aliphatic carbocycles. The van der Waals surface area contributed by atoms with E-state index in [1.54, 1.807) is 0 Å². The van der Waals surface area contributed by atoms with Gasteiger partial charge in [-0.05, 0) is 43.0 Å². The maximum absolute atomic E-state index is 13.5. The summed E-state index contributed by atoms with van der Waals surface area (Å²) in [6.45, 7) is 2.14. The highest BCUT2D eigenvalue weighted by Gasteiger charge is 2.31. The summed E-state index contributed by atoms with van der Waals surface area (Å²) in [5, 5.41) is 20.6. The van der Waals surface area contributed by atoms with Gasteiger partial charge in [0.25, 0.3) is 0 Å². The molecule has 0 atom stereocenters. The molecule has 0 spiro atoms. The van der Waals surface area contributed by atoms with Gasteiger partial charge in [0.05, 0.1) is 5.56 Å². The van der Waals surface area contributed by atoms with Crippen LogP contribution >= 0.6 is 11.3 Å². The lowest BCUT2D eigenvalue weighted by Gasteiger charge is -2.32. The van der Waals surface area contributed by atoms with Gasteiger partial charge in [0, 0.05) is 25.7 Å². The Morgan fingerprint density at radius 3 is 2.59 bits per heavy atom. The minimum atomic E-state index is -4.54. The van der Waals surface area contributed by atoms with E-state index in [9.17, 15) is 17.6 Å². The highest BCUT2D eigenvalue weighted by Crippen LogP contribution is 2.30. The molecule has 3 rings (SSSR count). The predicted octanol–water partition coefficient (Wildman–Crippen LogP) is 3.69. The summed E-state index contributed by atoms with van der Waals surface area (Å²) in [6.07, 6.45) is -2.49. The zero-order valence-electron chi connectivity index (χ0n) is 14.3. The number of aromatic nitrogens is 2. The molecule has 0 unspecified atom stereocenters. The second-order valence-corrected chi connectivity index (χ2v) is 7.36. The smallest absolute Gasteiger partial charge is 0.357 e. The molecular weight excluding hydrogens is 382 g/mol. The van der Waals surface area contributed by atoms with Crippen molar-refractivity contribution in [2.24, 2.45) is 0 Å². The van der Waals surface area contributed by atoms with E-state index in [-0.39, 0.29) is 6.04 Å². The van der Waals surface area contributed by atoms with Crippen molar-refractivity contribution in [1.29, 1.82) is 5.26 Å². The van der Waals surface area contributed by atoms with Gasteiger partial charge in [-0.1, -0.05) is 11.3 Å². The van der Waals surface area contributed by atoms with Crippen molar-refractivity contribution in [2.75, 3.05) is 25.0 Å². The highest BCUT2D eigenvalue weighted by atomic mass is 32.1. The zero-order chi connectivity index (χ0) is 19.4. The van der Waals surface area contributed by atoms with Crippen LogP contribution in [0.2, 0.25) is 0 Å². The number of benzene rings is 1. The van der Waals surface area contributed by atoms with Gasteiger partial charge in [-0.15, -0.1) is 10.2 Å². The fourth-order valence-electron chi connectivity index (χ4n) is 3.05. The van der Waals surface area contributed by atoms with Gasteiger partial charge >= 0.3 is 6.18 Å². The quantitative estimate of drug-likeness (QED) is 0.777. The summed E-state index contributed by atoms with van der Waals surface area (Å²) >= 11 is 1.20. The van der Waals surface area contributed by atoms with Crippen LogP contribution in [-0.2, 0) is 12.6 Å². The molecule has 1 aliphatic heterocycles. The van der Waals surface area contributed by atoms with Crippen molar-refractivity contribution in [3.8, 4) is 6.07 Å². The number of hydrogen-bond donors (Lipinski definition) is 1. The van der Waals surface area contributed by atoms with Crippen LogP contribution in [0, 0.1) is 17.1 Å². The number of nitrogens with one attached hydrogen (secondary N) is 1. The lowest BCUT2D eigenvalue weighted by atomic mass is 10.0. The molecule has 2 heterocycles. The van der Waals surface area contributed by atoms with Gasteiger partial charge < -0.3 is 10.2 Å². The van der Waals surface area contributed by atoms with Crippen LogP contribution in [0.3, 0.4) is 0 Å². The number of piperidine rings is 1. The fraction of sp³-hybridized carbons (Fsp3) is 0.471. The van der Waals surface area contributed by atoms with Gasteiger partial charge in [-0.2, -0.15) is 18.4 Å². The number of halogens is 4. The molecule has 1 fully saturated rings.